The van der Waals surface area contributed by atoms with E-state index in [0.29, 0.717) is 17.1 Å². The molecule has 2 aromatic rings. The number of nitrogen functional groups attached to an aromatic ring is 1. The fraction of sp³-hybridized carbons (Fsp3) is 0.300. The number of nitrogens with zero attached hydrogens (tertiary/aromatic N) is 1. The van der Waals surface area contributed by atoms with Crippen LogP contribution >= 0.6 is 0 Å². The third-order valence-electron chi connectivity index (χ3n) is 4.43. The van der Waals surface area contributed by atoms with Gasteiger partial charge in [-0.1, -0.05) is 37.3 Å². The summed E-state index contributed by atoms with van der Waals surface area (Å²) >= 11 is 0. The van der Waals surface area contributed by atoms with Crippen LogP contribution in [0.5, 0.6) is 5.75 Å². The number of carbonyl (C=O) groups excluding carboxylic acids is 2. The van der Waals surface area contributed by atoms with Crippen LogP contribution in [0.4, 0.5) is 11.4 Å². The van der Waals surface area contributed by atoms with Crippen LogP contribution in [0, 0.1) is 0 Å². The minimum absolute atomic E-state index is 0.0453. The fourth-order valence-corrected chi connectivity index (χ4v) is 2.85. The number of rotatable bonds is 5. The van der Waals surface area contributed by atoms with E-state index in [2.05, 4.69) is 5.32 Å². The van der Waals surface area contributed by atoms with Crippen molar-refractivity contribution in [1.82, 2.24) is 5.32 Å². The normalized spacial score (nSPS) is 17.2. The Kier molecular flexibility index (Phi) is 5.11. The van der Waals surface area contributed by atoms with E-state index < -0.39 is 6.10 Å². The first-order valence-corrected chi connectivity index (χ1v) is 8.71. The average Bonchev–Trinajstić information content (AvgIpc) is 2.64. The zero-order valence-electron chi connectivity index (χ0n) is 14.9. The first kappa shape index (κ1) is 17.8. The van der Waals surface area contributed by atoms with Crippen LogP contribution in [-0.4, -0.2) is 24.4 Å². The van der Waals surface area contributed by atoms with E-state index in [0.717, 1.165) is 12.0 Å². The van der Waals surface area contributed by atoms with Gasteiger partial charge in [-0.2, -0.15) is 0 Å². The van der Waals surface area contributed by atoms with Gasteiger partial charge >= 0.3 is 0 Å². The lowest BCUT2D eigenvalue weighted by atomic mass is 10.0. The Bertz CT molecular complexity index is 807. The minimum Gasteiger partial charge on any atom is -0.474 e. The lowest BCUT2D eigenvalue weighted by Gasteiger charge is -2.34. The predicted molar refractivity (Wildman–Crippen MR) is 101 cm³/mol. The van der Waals surface area contributed by atoms with E-state index >= 15 is 0 Å². The van der Waals surface area contributed by atoms with Crippen molar-refractivity contribution < 1.29 is 14.3 Å². The van der Waals surface area contributed by atoms with E-state index in [1.807, 2.05) is 44.2 Å². The van der Waals surface area contributed by atoms with Crippen LogP contribution in [0.25, 0.3) is 0 Å². The molecule has 0 radical (unpaired) electrons. The molecule has 0 aromatic heterocycles. The summed E-state index contributed by atoms with van der Waals surface area (Å²) in [6.07, 6.45) is 0.0302. The molecule has 2 aromatic carbocycles. The Morgan fingerprint density at radius 2 is 2.00 bits per heavy atom. The highest BCUT2D eigenvalue weighted by Gasteiger charge is 2.36. The van der Waals surface area contributed by atoms with Crippen molar-refractivity contribution >= 4 is 23.2 Å². The average molecular weight is 353 g/mol. The number of anilines is 2. The molecule has 3 rings (SSSR count). The molecule has 0 bridgehead atoms. The van der Waals surface area contributed by atoms with Gasteiger partial charge in [0.05, 0.1) is 5.69 Å². The lowest BCUT2D eigenvalue weighted by Crippen LogP contribution is -2.47. The van der Waals surface area contributed by atoms with Gasteiger partial charge in [-0.25, -0.2) is 0 Å². The molecule has 1 heterocycles. The summed E-state index contributed by atoms with van der Waals surface area (Å²) in [4.78, 5) is 26.9. The van der Waals surface area contributed by atoms with Gasteiger partial charge < -0.3 is 15.8 Å². The maximum absolute atomic E-state index is 13.1. The topological polar surface area (TPSA) is 84.7 Å². The second kappa shape index (κ2) is 7.47. The quantitative estimate of drug-likeness (QED) is 0.810. The summed E-state index contributed by atoms with van der Waals surface area (Å²) in [6, 6.07) is 14.4. The van der Waals surface area contributed by atoms with Gasteiger partial charge in [-0.15, -0.1) is 0 Å². The van der Waals surface area contributed by atoms with Gasteiger partial charge in [0.15, 0.2) is 0 Å². The zero-order valence-corrected chi connectivity index (χ0v) is 14.9. The van der Waals surface area contributed by atoms with Crippen molar-refractivity contribution in [2.24, 2.45) is 0 Å². The molecule has 26 heavy (non-hydrogen) atoms. The summed E-state index contributed by atoms with van der Waals surface area (Å²) < 4.78 is 5.92. The molecular weight excluding hydrogens is 330 g/mol. The molecule has 6 heteroatoms. The highest BCUT2D eigenvalue weighted by atomic mass is 16.5. The second-order valence-corrected chi connectivity index (χ2v) is 6.44. The third-order valence-corrected chi connectivity index (χ3v) is 4.43. The summed E-state index contributed by atoms with van der Waals surface area (Å²) in [5.41, 5.74) is 7.64. The number of amides is 2. The van der Waals surface area contributed by atoms with Gasteiger partial charge in [-0.05, 0) is 31.5 Å². The van der Waals surface area contributed by atoms with Crippen LogP contribution < -0.4 is 20.7 Å². The number of benzene rings is 2. The molecule has 0 aliphatic carbocycles. The molecule has 0 fully saturated rings. The number of hydrogen-bond donors (Lipinski definition) is 2. The van der Waals surface area contributed by atoms with Gasteiger partial charge in [0, 0.05) is 17.3 Å². The molecule has 2 atom stereocenters. The summed E-state index contributed by atoms with van der Waals surface area (Å²) in [5, 5.41) is 2.89. The Labute approximate surface area is 152 Å². The standard InChI is InChI=1S/C20H23N3O3/c1-3-13(2)22-18(24)12-23-16-11-15(21)9-10-17(16)26-19(20(23)25)14-7-5-4-6-8-14/h4-11,13,19H,3,12,21H2,1-2H3,(H,22,24). The number of ether oxygens (including phenoxy) is 1. The van der Waals surface area contributed by atoms with Crippen LogP contribution in [-0.2, 0) is 9.59 Å². The van der Waals surface area contributed by atoms with E-state index in [4.69, 9.17) is 10.5 Å². The number of fused-ring (bicyclic) bond motifs is 1. The summed E-state index contributed by atoms with van der Waals surface area (Å²) in [6.45, 7) is 3.84. The highest BCUT2D eigenvalue weighted by molar-refractivity contribution is 6.04. The molecule has 0 saturated heterocycles. The Hall–Kier alpha value is -3.02. The molecule has 2 unspecified atom stereocenters. The maximum atomic E-state index is 13.1. The van der Waals surface area contributed by atoms with E-state index in [1.165, 1.54) is 4.90 Å². The molecule has 1 aliphatic rings. The SMILES string of the molecule is CCC(C)NC(=O)CN1C(=O)C(c2ccccc2)Oc2ccc(N)cc21. The van der Waals surface area contributed by atoms with E-state index in [-0.39, 0.29) is 24.4 Å². The number of nitrogens with one attached hydrogen (secondary N) is 1. The van der Waals surface area contributed by atoms with Crippen molar-refractivity contribution in [3.05, 3.63) is 54.1 Å². The van der Waals surface area contributed by atoms with E-state index in [9.17, 15) is 9.59 Å². The molecule has 6 nitrogen and oxygen atoms in total. The first-order valence-electron chi connectivity index (χ1n) is 8.71. The van der Waals surface area contributed by atoms with Gasteiger partial charge in [-0.3, -0.25) is 14.5 Å². The van der Waals surface area contributed by atoms with Crippen molar-refractivity contribution in [3.63, 3.8) is 0 Å². The minimum atomic E-state index is -0.788. The maximum Gasteiger partial charge on any atom is 0.273 e. The van der Waals surface area contributed by atoms with Gasteiger partial charge in [0.25, 0.3) is 5.91 Å². The highest BCUT2D eigenvalue weighted by Crippen LogP contribution is 2.39. The smallest absolute Gasteiger partial charge is 0.273 e. The largest absolute Gasteiger partial charge is 0.474 e. The monoisotopic (exact) mass is 353 g/mol. The second-order valence-electron chi connectivity index (χ2n) is 6.44. The van der Waals surface area contributed by atoms with Crippen molar-refractivity contribution in [1.29, 1.82) is 0 Å². The van der Waals surface area contributed by atoms with Gasteiger partial charge in [0.2, 0.25) is 12.0 Å². The fourth-order valence-electron chi connectivity index (χ4n) is 2.85. The van der Waals surface area contributed by atoms with Crippen molar-refractivity contribution in [3.8, 4) is 5.75 Å². The number of nitrogens with two attached hydrogens (primary N) is 1. The lowest BCUT2D eigenvalue weighted by molar-refractivity contribution is -0.129. The molecule has 3 N–H and O–H groups in total. The van der Waals surface area contributed by atoms with Crippen LogP contribution in [0.15, 0.2) is 48.5 Å². The molecule has 136 valence electrons. The Morgan fingerprint density at radius 3 is 2.69 bits per heavy atom. The predicted octanol–water partition coefficient (Wildman–Crippen LogP) is 2.65. The Morgan fingerprint density at radius 1 is 1.27 bits per heavy atom. The van der Waals surface area contributed by atoms with Crippen LogP contribution in [0.3, 0.4) is 0 Å². The van der Waals surface area contributed by atoms with Crippen LogP contribution in [0.1, 0.15) is 31.9 Å². The number of hydrogen-bond acceptors (Lipinski definition) is 4. The molecule has 0 spiro atoms. The molecule has 1 aliphatic heterocycles. The van der Waals surface area contributed by atoms with E-state index in [1.54, 1.807) is 18.2 Å². The molecular formula is C20H23N3O3. The Balaban J connectivity index is 1.93. The molecule has 0 saturated carbocycles. The zero-order chi connectivity index (χ0) is 18.7. The van der Waals surface area contributed by atoms with Crippen molar-refractivity contribution in [2.75, 3.05) is 17.2 Å². The number of carbonyl (C=O) groups is 2. The van der Waals surface area contributed by atoms with Crippen LogP contribution in [0.2, 0.25) is 0 Å². The first-order chi connectivity index (χ1) is 12.5. The molecule has 2 amide bonds. The van der Waals surface area contributed by atoms with Gasteiger partial charge in [0.1, 0.15) is 12.3 Å². The van der Waals surface area contributed by atoms with Crippen molar-refractivity contribution in [2.45, 2.75) is 32.4 Å². The summed E-state index contributed by atoms with van der Waals surface area (Å²) in [7, 11) is 0. The third kappa shape index (κ3) is 3.64. The summed E-state index contributed by atoms with van der Waals surface area (Å²) in [5.74, 6) is 0.0346.